The number of aromatic nitrogens is 3. The molecule has 0 fully saturated rings. The standard InChI is InChI=1S/C33H37N5O9/c1-4-46-33(41)47-28-20-38(9-11-44-13-14-45-12-10-39)26-17-21(6-8-25(26)29(28)40)5-7-23-15-22(18-27(42-2)30(23)43-3)16-24-19-36-32(35)37-31(24)34/h6,8,15,17-20,39H,4,9-14,16H2,1-3H3,(H4,34,35,36,37). The van der Waals surface area contributed by atoms with Crippen molar-refractivity contribution in [2.75, 3.05) is 65.3 Å². The number of ether oxygens (including phenoxy) is 6. The van der Waals surface area contributed by atoms with E-state index in [2.05, 4.69) is 21.8 Å². The second kappa shape index (κ2) is 16.8. The number of aliphatic hydroxyl groups is 1. The molecular weight excluding hydrogens is 610 g/mol. The summed E-state index contributed by atoms with van der Waals surface area (Å²) in [6, 6.07) is 8.78. The van der Waals surface area contributed by atoms with Gasteiger partial charge in [0.1, 0.15) is 5.82 Å². The third kappa shape index (κ3) is 9.10. The van der Waals surface area contributed by atoms with E-state index in [0.29, 0.717) is 65.3 Å². The molecule has 0 saturated heterocycles. The molecule has 0 unspecified atom stereocenters. The van der Waals surface area contributed by atoms with Crippen LogP contribution in [0.15, 0.2) is 47.5 Å². The molecule has 0 atom stereocenters. The number of nitrogens with zero attached hydrogens (tertiary/aromatic N) is 3. The fraction of sp³-hybridized carbons (Fsp3) is 0.333. The van der Waals surface area contributed by atoms with Gasteiger partial charge in [0.15, 0.2) is 17.2 Å². The van der Waals surface area contributed by atoms with Crippen molar-refractivity contribution >= 4 is 28.8 Å². The van der Waals surface area contributed by atoms with Crippen molar-refractivity contribution in [3.63, 3.8) is 0 Å². The summed E-state index contributed by atoms with van der Waals surface area (Å²) in [7, 11) is 3.06. The van der Waals surface area contributed by atoms with Crippen LogP contribution in [-0.2, 0) is 27.2 Å². The van der Waals surface area contributed by atoms with Crippen molar-refractivity contribution in [3.05, 3.63) is 75.2 Å². The highest BCUT2D eigenvalue weighted by Gasteiger charge is 2.16. The fourth-order valence-electron chi connectivity index (χ4n) is 4.63. The first-order chi connectivity index (χ1) is 22.8. The van der Waals surface area contributed by atoms with Crippen molar-refractivity contribution in [1.82, 2.24) is 14.5 Å². The number of nitrogens with two attached hydrogens (primary N) is 2. The molecular formula is C33H37N5O9. The van der Waals surface area contributed by atoms with E-state index in [1.807, 2.05) is 12.1 Å². The van der Waals surface area contributed by atoms with Gasteiger partial charge in [0, 0.05) is 35.7 Å². The minimum atomic E-state index is -0.978. The topological polar surface area (TPSA) is 192 Å². The lowest BCUT2D eigenvalue weighted by molar-refractivity contribution is 0.0311. The van der Waals surface area contributed by atoms with Gasteiger partial charge in [-0.1, -0.05) is 11.8 Å². The Kier molecular flexibility index (Phi) is 12.3. The van der Waals surface area contributed by atoms with Gasteiger partial charge in [0.05, 0.1) is 71.1 Å². The largest absolute Gasteiger partial charge is 0.514 e. The zero-order valence-electron chi connectivity index (χ0n) is 26.4. The summed E-state index contributed by atoms with van der Waals surface area (Å²) in [5.41, 5.74) is 14.4. The quantitative estimate of drug-likeness (QED) is 0.103. The molecule has 0 aliphatic rings. The average Bonchev–Trinajstić information content (AvgIpc) is 3.06. The molecule has 14 heteroatoms. The molecule has 0 aliphatic heterocycles. The summed E-state index contributed by atoms with van der Waals surface area (Å²) < 4.78 is 33.9. The first kappa shape index (κ1) is 34.5. The smallest absolute Gasteiger partial charge is 0.493 e. The summed E-state index contributed by atoms with van der Waals surface area (Å²) in [4.78, 5) is 33.4. The lowest BCUT2D eigenvalue weighted by Crippen LogP contribution is -2.19. The maximum Gasteiger partial charge on any atom is 0.514 e. The Labute approximate surface area is 271 Å². The van der Waals surface area contributed by atoms with Crippen molar-refractivity contribution in [2.45, 2.75) is 19.9 Å². The number of benzene rings is 2. The highest BCUT2D eigenvalue weighted by atomic mass is 16.7. The average molecular weight is 648 g/mol. The number of aliphatic hydroxyl groups excluding tert-OH is 1. The van der Waals surface area contributed by atoms with E-state index >= 15 is 0 Å². The van der Waals surface area contributed by atoms with E-state index in [0.717, 1.165) is 5.56 Å². The van der Waals surface area contributed by atoms with Gasteiger partial charge in [0.2, 0.25) is 11.4 Å². The Morgan fingerprint density at radius 1 is 1.00 bits per heavy atom. The van der Waals surface area contributed by atoms with Gasteiger partial charge in [-0.15, -0.1) is 0 Å². The number of anilines is 2. The molecule has 4 rings (SSSR count). The summed E-state index contributed by atoms with van der Waals surface area (Å²) in [6.07, 6.45) is 2.44. The molecule has 0 spiro atoms. The first-order valence-electron chi connectivity index (χ1n) is 14.7. The molecule has 0 saturated carbocycles. The molecule has 248 valence electrons. The highest BCUT2D eigenvalue weighted by molar-refractivity contribution is 5.82. The Bertz CT molecular complexity index is 1830. The van der Waals surface area contributed by atoms with Gasteiger partial charge in [-0.25, -0.2) is 9.78 Å². The molecule has 5 N–H and O–H groups in total. The number of fused-ring (bicyclic) bond motifs is 1. The van der Waals surface area contributed by atoms with Gasteiger partial charge in [-0.3, -0.25) is 4.79 Å². The van der Waals surface area contributed by atoms with E-state index in [4.69, 9.17) is 45.0 Å². The van der Waals surface area contributed by atoms with E-state index in [1.54, 1.807) is 35.9 Å². The van der Waals surface area contributed by atoms with Crippen LogP contribution in [0.4, 0.5) is 16.6 Å². The molecule has 0 aliphatic carbocycles. The van der Waals surface area contributed by atoms with Crippen LogP contribution < -0.4 is 31.1 Å². The number of hydrogen-bond acceptors (Lipinski definition) is 13. The lowest BCUT2D eigenvalue weighted by atomic mass is 10.0. The van der Waals surface area contributed by atoms with Crippen LogP contribution >= 0.6 is 0 Å². The van der Waals surface area contributed by atoms with Gasteiger partial charge >= 0.3 is 6.16 Å². The Morgan fingerprint density at radius 3 is 2.49 bits per heavy atom. The molecule has 2 heterocycles. The molecule has 2 aromatic carbocycles. The number of hydrogen-bond donors (Lipinski definition) is 3. The second-order valence-electron chi connectivity index (χ2n) is 9.93. The van der Waals surface area contributed by atoms with Gasteiger partial charge in [-0.2, -0.15) is 4.98 Å². The monoisotopic (exact) mass is 647 g/mol. The zero-order chi connectivity index (χ0) is 33.8. The maximum atomic E-state index is 13.3. The van der Waals surface area contributed by atoms with E-state index in [-0.39, 0.29) is 43.9 Å². The Hall–Kier alpha value is -5.36. The predicted molar refractivity (Wildman–Crippen MR) is 174 cm³/mol. The number of carbonyl (C=O) groups is 1. The number of nitrogen functional groups attached to an aromatic ring is 2. The predicted octanol–water partition coefficient (Wildman–Crippen LogP) is 2.52. The summed E-state index contributed by atoms with van der Waals surface area (Å²) in [5.74, 6) is 7.43. The third-order valence-corrected chi connectivity index (χ3v) is 6.78. The fourth-order valence-corrected chi connectivity index (χ4v) is 4.63. The molecule has 47 heavy (non-hydrogen) atoms. The van der Waals surface area contributed by atoms with Crippen LogP contribution in [0.1, 0.15) is 29.2 Å². The van der Waals surface area contributed by atoms with Crippen LogP contribution in [-0.4, -0.2) is 79.7 Å². The lowest BCUT2D eigenvalue weighted by Gasteiger charge is -2.14. The van der Waals surface area contributed by atoms with Crippen LogP contribution in [0.5, 0.6) is 17.2 Å². The van der Waals surface area contributed by atoms with E-state index < -0.39 is 11.6 Å². The molecule has 0 bridgehead atoms. The number of carbonyl (C=O) groups excluding carboxylic acids is 1. The van der Waals surface area contributed by atoms with Crippen molar-refractivity contribution < 1.29 is 38.3 Å². The summed E-state index contributed by atoms with van der Waals surface area (Å²) in [5, 5.41) is 9.16. The van der Waals surface area contributed by atoms with Crippen LogP contribution in [0.3, 0.4) is 0 Å². The van der Waals surface area contributed by atoms with Crippen LogP contribution in [0.2, 0.25) is 0 Å². The minimum absolute atomic E-state index is 0.0716. The van der Waals surface area contributed by atoms with Gasteiger partial charge in [-0.05, 0) is 42.8 Å². The molecule has 0 amide bonds. The number of rotatable bonds is 14. The third-order valence-electron chi connectivity index (χ3n) is 6.78. The van der Waals surface area contributed by atoms with Crippen LogP contribution in [0, 0.1) is 11.8 Å². The Morgan fingerprint density at radius 2 is 1.79 bits per heavy atom. The summed E-state index contributed by atoms with van der Waals surface area (Å²) >= 11 is 0. The molecule has 0 radical (unpaired) electrons. The van der Waals surface area contributed by atoms with E-state index in [1.165, 1.54) is 20.4 Å². The second-order valence-corrected chi connectivity index (χ2v) is 9.93. The number of methoxy groups -OCH3 is 2. The summed E-state index contributed by atoms with van der Waals surface area (Å²) in [6.45, 7) is 3.09. The number of pyridine rings is 1. The zero-order valence-corrected chi connectivity index (χ0v) is 26.4. The molecule has 4 aromatic rings. The molecule has 2 aromatic heterocycles. The normalized spacial score (nSPS) is 10.7. The Balaban J connectivity index is 1.69. The SMILES string of the molecule is CCOC(=O)Oc1cn(CCOCCOCCO)c2cc(C#Cc3cc(Cc4cnc(N)nc4N)cc(OC)c3OC)ccc2c1=O. The van der Waals surface area contributed by atoms with E-state index in [9.17, 15) is 9.59 Å². The van der Waals surface area contributed by atoms with Gasteiger partial charge in [0.25, 0.3) is 0 Å². The highest BCUT2D eigenvalue weighted by Crippen LogP contribution is 2.33. The first-order valence-corrected chi connectivity index (χ1v) is 14.7. The van der Waals surface area contributed by atoms with Gasteiger partial charge < -0.3 is 49.6 Å². The molecule has 14 nitrogen and oxygen atoms in total. The van der Waals surface area contributed by atoms with Crippen molar-refractivity contribution in [1.29, 1.82) is 0 Å². The van der Waals surface area contributed by atoms with Crippen molar-refractivity contribution in [2.24, 2.45) is 0 Å². The maximum absolute atomic E-state index is 13.3. The van der Waals surface area contributed by atoms with Crippen molar-refractivity contribution in [3.8, 4) is 29.1 Å². The minimum Gasteiger partial charge on any atom is -0.493 e. The van der Waals surface area contributed by atoms with Crippen LogP contribution in [0.25, 0.3) is 10.9 Å².